The smallest absolute Gasteiger partial charge is 0.334 e. The maximum Gasteiger partial charge on any atom is 0.334 e. The molecular weight excluding hydrogens is 212 g/mol. The zero-order valence-electron chi connectivity index (χ0n) is 10.5. The summed E-state index contributed by atoms with van der Waals surface area (Å²) in [6.45, 7) is 8.62. The van der Waals surface area contributed by atoms with Gasteiger partial charge in [-0.05, 0) is 54.9 Å². The van der Waals surface area contributed by atoms with Crippen molar-refractivity contribution in [3.63, 3.8) is 0 Å². The first-order valence-corrected chi connectivity index (χ1v) is 6.61. The van der Waals surface area contributed by atoms with Crippen molar-refractivity contribution >= 4 is 5.97 Å². The third-order valence-corrected chi connectivity index (χ3v) is 5.83. The highest BCUT2D eigenvalue weighted by atomic mass is 16.5. The molecule has 17 heavy (non-hydrogen) atoms. The summed E-state index contributed by atoms with van der Waals surface area (Å²) in [5.41, 5.74) is 3.93. The number of carbonyl (C=O) groups excluding carboxylic acids is 1. The van der Waals surface area contributed by atoms with Gasteiger partial charge in [-0.2, -0.15) is 0 Å². The quantitative estimate of drug-likeness (QED) is 0.472. The summed E-state index contributed by atoms with van der Waals surface area (Å²) < 4.78 is 5.51. The second-order valence-electron chi connectivity index (χ2n) is 6.53. The first kappa shape index (κ1) is 9.93. The van der Waals surface area contributed by atoms with Gasteiger partial charge in [0.2, 0.25) is 0 Å². The van der Waals surface area contributed by atoms with Gasteiger partial charge in [-0.15, -0.1) is 0 Å². The minimum atomic E-state index is -0.0912. The van der Waals surface area contributed by atoms with Crippen LogP contribution in [-0.2, 0) is 9.53 Å². The van der Waals surface area contributed by atoms with Crippen LogP contribution in [0.3, 0.4) is 0 Å². The highest BCUT2D eigenvalue weighted by Crippen LogP contribution is 2.71. The largest absolute Gasteiger partial charge is 0.454 e. The van der Waals surface area contributed by atoms with E-state index in [1.807, 2.05) is 6.92 Å². The average molecular weight is 230 g/mol. The Morgan fingerprint density at radius 2 is 2.24 bits per heavy atom. The number of esters is 1. The average Bonchev–Trinajstić information content (AvgIpc) is 2.99. The highest BCUT2D eigenvalue weighted by molar-refractivity contribution is 5.91. The molecule has 4 rings (SSSR count). The van der Waals surface area contributed by atoms with Crippen LogP contribution in [0.2, 0.25) is 0 Å². The van der Waals surface area contributed by atoms with Gasteiger partial charge in [0, 0.05) is 5.57 Å². The first-order valence-electron chi connectivity index (χ1n) is 6.61. The number of ether oxygens (including phenoxy) is 1. The summed E-state index contributed by atoms with van der Waals surface area (Å²) in [6.07, 6.45) is 3.45. The number of hydrogen-bond acceptors (Lipinski definition) is 2. The van der Waals surface area contributed by atoms with Crippen LogP contribution in [0.5, 0.6) is 0 Å². The van der Waals surface area contributed by atoms with Crippen LogP contribution in [0.15, 0.2) is 23.3 Å². The van der Waals surface area contributed by atoms with Crippen molar-refractivity contribution in [2.24, 2.45) is 23.2 Å². The van der Waals surface area contributed by atoms with Crippen LogP contribution in [0.1, 0.15) is 33.1 Å². The van der Waals surface area contributed by atoms with E-state index < -0.39 is 0 Å². The zero-order chi connectivity index (χ0) is 11.9. The molecule has 3 aliphatic carbocycles. The molecule has 2 nitrogen and oxygen atoms in total. The molecule has 2 heteroatoms. The van der Waals surface area contributed by atoms with Crippen LogP contribution < -0.4 is 0 Å². The van der Waals surface area contributed by atoms with Crippen molar-refractivity contribution in [1.29, 1.82) is 0 Å². The molecular formula is C15H18O2. The van der Waals surface area contributed by atoms with Crippen molar-refractivity contribution in [2.45, 2.75) is 39.2 Å². The first-order chi connectivity index (χ1) is 8.02. The Kier molecular flexibility index (Phi) is 1.56. The Labute approximate surface area is 102 Å². The third kappa shape index (κ3) is 1.00. The van der Waals surface area contributed by atoms with E-state index in [-0.39, 0.29) is 12.1 Å². The highest BCUT2D eigenvalue weighted by Gasteiger charge is 2.65. The molecule has 5 atom stereocenters. The molecule has 0 amide bonds. The van der Waals surface area contributed by atoms with Crippen molar-refractivity contribution in [2.75, 3.05) is 0 Å². The second kappa shape index (κ2) is 2.68. The topological polar surface area (TPSA) is 26.3 Å². The van der Waals surface area contributed by atoms with Gasteiger partial charge >= 0.3 is 5.97 Å². The van der Waals surface area contributed by atoms with E-state index in [1.54, 1.807) is 0 Å². The molecule has 4 aliphatic rings. The van der Waals surface area contributed by atoms with Gasteiger partial charge in [0.25, 0.3) is 0 Å². The predicted octanol–water partition coefficient (Wildman–Crippen LogP) is 2.85. The van der Waals surface area contributed by atoms with Gasteiger partial charge in [-0.3, -0.25) is 0 Å². The lowest BCUT2D eigenvalue weighted by Gasteiger charge is -2.42. The molecule has 0 unspecified atom stereocenters. The van der Waals surface area contributed by atoms with Crippen LogP contribution in [0.4, 0.5) is 0 Å². The van der Waals surface area contributed by atoms with E-state index in [1.165, 1.54) is 17.6 Å². The van der Waals surface area contributed by atoms with Crippen molar-refractivity contribution in [3.8, 4) is 0 Å². The summed E-state index contributed by atoms with van der Waals surface area (Å²) in [6, 6.07) is 0. The lowest BCUT2D eigenvalue weighted by atomic mass is 9.63. The minimum absolute atomic E-state index is 0.0795. The van der Waals surface area contributed by atoms with Crippen LogP contribution in [0, 0.1) is 23.2 Å². The monoisotopic (exact) mass is 230 g/mol. The molecule has 1 aliphatic heterocycles. The summed E-state index contributed by atoms with van der Waals surface area (Å²) in [4.78, 5) is 11.6. The summed E-state index contributed by atoms with van der Waals surface area (Å²) >= 11 is 0. The lowest BCUT2D eigenvalue weighted by Crippen LogP contribution is -2.37. The maximum absolute atomic E-state index is 11.6. The van der Waals surface area contributed by atoms with Gasteiger partial charge in [0.15, 0.2) is 0 Å². The fraction of sp³-hybridized carbons (Fsp3) is 0.667. The molecule has 0 aromatic carbocycles. The number of rotatable bonds is 0. The molecule has 0 radical (unpaired) electrons. The Morgan fingerprint density at radius 3 is 3.00 bits per heavy atom. The molecule has 0 N–H and O–H groups in total. The van der Waals surface area contributed by atoms with Gasteiger partial charge in [0.05, 0.1) is 0 Å². The minimum Gasteiger partial charge on any atom is -0.454 e. The van der Waals surface area contributed by atoms with Gasteiger partial charge in [-0.25, -0.2) is 4.79 Å². The van der Waals surface area contributed by atoms with E-state index in [9.17, 15) is 4.79 Å². The second-order valence-corrected chi connectivity index (χ2v) is 6.53. The van der Waals surface area contributed by atoms with Crippen molar-refractivity contribution in [1.82, 2.24) is 0 Å². The van der Waals surface area contributed by atoms with Crippen molar-refractivity contribution in [3.05, 3.63) is 23.3 Å². The SMILES string of the molecule is C=C1[C@H]2C[C@H]2[C@]2(C)C[C@@H]3OC(=O)C(C)=C3C[C@@H]12. The molecule has 3 fully saturated rings. The third-order valence-electron chi connectivity index (χ3n) is 5.83. The summed E-state index contributed by atoms with van der Waals surface area (Å²) in [5, 5.41) is 0. The fourth-order valence-corrected chi connectivity index (χ4v) is 4.66. The van der Waals surface area contributed by atoms with E-state index in [0.29, 0.717) is 11.3 Å². The van der Waals surface area contributed by atoms with Crippen molar-refractivity contribution < 1.29 is 9.53 Å². The molecule has 0 spiro atoms. The lowest BCUT2D eigenvalue weighted by molar-refractivity contribution is -0.141. The number of hydrogen-bond donors (Lipinski definition) is 0. The van der Waals surface area contributed by atoms with Crippen LogP contribution in [-0.4, -0.2) is 12.1 Å². The molecule has 90 valence electrons. The van der Waals surface area contributed by atoms with Gasteiger partial charge < -0.3 is 4.74 Å². The molecule has 0 aromatic rings. The standard InChI is InChI=1S/C15H18O2/c1-7-9-4-12(9)15(3)6-13-10(5-11(7)15)8(2)14(16)17-13/h9,11-13H,1,4-6H2,2-3H3/t9-,11+,12-,13+,15-/m1/s1. The molecule has 0 saturated heterocycles. The molecule has 1 heterocycles. The van der Waals surface area contributed by atoms with Gasteiger partial charge in [-0.1, -0.05) is 19.1 Å². The fourth-order valence-electron chi connectivity index (χ4n) is 4.66. The van der Waals surface area contributed by atoms with E-state index in [2.05, 4.69) is 13.5 Å². The number of carbonyl (C=O) groups is 1. The van der Waals surface area contributed by atoms with E-state index >= 15 is 0 Å². The van der Waals surface area contributed by atoms with Crippen LogP contribution >= 0.6 is 0 Å². The Hall–Kier alpha value is -1.05. The molecule has 3 saturated carbocycles. The Balaban J connectivity index is 1.77. The summed E-state index contributed by atoms with van der Waals surface area (Å²) in [5.74, 6) is 2.11. The van der Waals surface area contributed by atoms with Crippen LogP contribution in [0.25, 0.3) is 0 Å². The van der Waals surface area contributed by atoms with E-state index in [4.69, 9.17) is 4.74 Å². The van der Waals surface area contributed by atoms with Gasteiger partial charge in [0.1, 0.15) is 6.10 Å². The predicted molar refractivity (Wildman–Crippen MR) is 64.1 cm³/mol. The Morgan fingerprint density at radius 1 is 1.47 bits per heavy atom. The number of fused-ring (bicyclic) bond motifs is 4. The normalized spacial score (nSPS) is 50.9. The zero-order valence-corrected chi connectivity index (χ0v) is 10.5. The Bertz CT molecular complexity index is 487. The van der Waals surface area contributed by atoms with E-state index in [0.717, 1.165) is 30.3 Å². The maximum atomic E-state index is 11.6. The molecule has 0 aromatic heterocycles. The summed E-state index contributed by atoms with van der Waals surface area (Å²) in [7, 11) is 0. The number of allylic oxidation sites excluding steroid dienone is 1. The molecule has 0 bridgehead atoms.